The van der Waals surface area contributed by atoms with E-state index in [9.17, 15) is 9.59 Å². The van der Waals surface area contributed by atoms with Crippen LogP contribution in [0.2, 0.25) is 0 Å². The Morgan fingerprint density at radius 1 is 1.00 bits per heavy atom. The van der Waals surface area contributed by atoms with E-state index in [0.29, 0.717) is 28.0 Å². The fourth-order valence-corrected chi connectivity index (χ4v) is 2.76. The van der Waals surface area contributed by atoms with Crippen LogP contribution in [0, 0.1) is 0 Å². The minimum Gasteiger partial charge on any atom is -0.497 e. The average molecular weight is 353 g/mol. The van der Waals surface area contributed by atoms with Crippen molar-refractivity contribution >= 4 is 22.8 Å². The zero-order valence-corrected chi connectivity index (χ0v) is 14.8. The summed E-state index contributed by atoms with van der Waals surface area (Å²) in [7, 11) is 2.87. The number of methoxy groups -OCH3 is 2. The van der Waals surface area contributed by atoms with E-state index < -0.39 is 12.1 Å². The summed E-state index contributed by atoms with van der Waals surface area (Å²) in [5.74, 6) is 0.379. The van der Waals surface area contributed by atoms with Crippen molar-refractivity contribution in [1.29, 1.82) is 0 Å². The van der Waals surface area contributed by atoms with Crippen LogP contribution in [-0.2, 0) is 4.74 Å². The summed E-state index contributed by atoms with van der Waals surface area (Å²) in [6.45, 7) is 1.66. The van der Waals surface area contributed by atoms with E-state index in [0.717, 1.165) is 0 Å². The molecule has 0 aliphatic heterocycles. The molecule has 1 atom stereocenters. The van der Waals surface area contributed by atoms with Gasteiger partial charge in [-0.2, -0.15) is 0 Å². The van der Waals surface area contributed by atoms with Crippen LogP contribution in [0.25, 0.3) is 10.9 Å². The van der Waals surface area contributed by atoms with Gasteiger partial charge in [-0.05, 0) is 25.1 Å². The number of esters is 1. The van der Waals surface area contributed by atoms with Crippen molar-refractivity contribution in [2.24, 2.45) is 0 Å². The smallest absolute Gasteiger partial charge is 0.340 e. The first-order chi connectivity index (χ1) is 12.5. The molecule has 3 aromatic rings. The quantitative estimate of drug-likeness (QED) is 0.656. The van der Waals surface area contributed by atoms with Gasteiger partial charge in [-0.25, -0.2) is 4.79 Å². The van der Waals surface area contributed by atoms with E-state index in [2.05, 4.69) is 0 Å². The molecule has 0 radical (unpaired) electrons. The Labute approximate surface area is 150 Å². The molecule has 0 bridgehead atoms. The number of nitrogens with zero attached hydrogens (tertiary/aromatic N) is 1. The number of benzene rings is 2. The molecule has 0 aliphatic rings. The van der Waals surface area contributed by atoms with Gasteiger partial charge in [-0.3, -0.25) is 9.36 Å². The Morgan fingerprint density at radius 2 is 1.73 bits per heavy atom. The largest absolute Gasteiger partial charge is 0.497 e. The summed E-state index contributed by atoms with van der Waals surface area (Å²) in [6.07, 6.45) is 0.730. The highest BCUT2D eigenvalue weighted by molar-refractivity contribution is 6.07. The summed E-state index contributed by atoms with van der Waals surface area (Å²) < 4.78 is 17.1. The normalized spacial score (nSPS) is 11.8. The first-order valence-corrected chi connectivity index (χ1v) is 8.08. The van der Waals surface area contributed by atoms with Gasteiger partial charge in [0.1, 0.15) is 11.5 Å². The zero-order valence-electron chi connectivity index (χ0n) is 14.8. The van der Waals surface area contributed by atoms with Crippen molar-refractivity contribution in [2.45, 2.75) is 13.0 Å². The summed E-state index contributed by atoms with van der Waals surface area (Å²) in [5, 5.41) is 0.654. The first kappa shape index (κ1) is 17.5. The van der Waals surface area contributed by atoms with Gasteiger partial charge in [0.25, 0.3) is 5.91 Å². The Kier molecular flexibility index (Phi) is 4.93. The lowest BCUT2D eigenvalue weighted by atomic mass is 10.2. The summed E-state index contributed by atoms with van der Waals surface area (Å²) >= 11 is 0. The van der Waals surface area contributed by atoms with E-state index in [-0.39, 0.29) is 5.91 Å². The zero-order chi connectivity index (χ0) is 18.7. The molecule has 0 fully saturated rings. The van der Waals surface area contributed by atoms with Crippen LogP contribution in [0.1, 0.15) is 22.1 Å². The van der Waals surface area contributed by atoms with Crippen LogP contribution in [-0.4, -0.2) is 36.8 Å². The average Bonchev–Trinajstić information content (AvgIpc) is 3.06. The van der Waals surface area contributed by atoms with E-state index in [1.54, 1.807) is 62.6 Å². The maximum Gasteiger partial charge on any atom is 0.340 e. The molecule has 6 heteroatoms. The second-order valence-corrected chi connectivity index (χ2v) is 5.70. The van der Waals surface area contributed by atoms with Gasteiger partial charge < -0.3 is 14.2 Å². The van der Waals surface area contributed by atoms with Gasteiger partial charge in [0.15, 0.2) is 6.10 Å². The Balaban J connectivity index is 1.92. The number of aromatic nitrogens is 1. The molecule has 1 aromatic heterocycles. The van der Waals surface area contributed by atoms with Gasteiger partial charge in [-0.15, -0.1) is 0 Å². The lowest BCUT2D eigenvalue weighted by Crippen LogP contribution is -2.28. The van der Waals surface area contributed by atoms with E-state index in [4.69, 9.17) is 14.2 Å². The molecule has 0 aliphatic carbocycles. The Bertz CT molecular complexity index is 960. The number of rotatable bonds is 5. The van der Waals surface area contributed by atoms with Crippen LogP contribution < -0.4 is 9.47 Å². The maximum atomic E-state index is 12.9. The van der Waals surface area contributed by atoms with Crippen molar-refractivity contribution < 1.29 is 23.8 Å². The summed E-state index contributed by atoms with van der Waals surface area (Å²) in [5.41, 5.74) is 0.962. The maximum absolute atomic E-state index is 12.9. The molecule has 26 heavy (non-hydrogen) atoms. The van der Waals surface area contributed by atoms with Crippen LogP contribution in [0.5, 0.6) is 11.5 Å². The molecule has 0 saturated carbocycles. The van der Waals surface area contributed by atoms with E-state index in [1.807, 2.05) is 0 Å². The fourth-order valence-electron chi connectivity index (χ4n) is 2.76. The second kappa shape index (κ2) is 7.31. The monoisotopic (exact) mass is 353 g/mol. The SMILES string of the molecule is COC(=O)c1cn(C(=O)C(C)Oc2cccc(OC)c2)c2ccccc12. The first-order valence-electron chi connectivity index (χ1n) is 8.08. The molecule has 134 valence electrons. The van der Waals surface area contributed by atoms with E-state index in [1.165, 1.54) is 17.9 Å². The van der Waals surface area contributed by atoms with Crippen molar-refractivity contribution in [1.82, 2.24) is 4.57 Å². The Hall–Kier alpha value is -3.28. The molecule has 0 saturated heterocycles. The number of carbonyl (C=O) groups excluding carboxylic acids is 2. The highest BCUT2D eigenvalue weighted by Gasteiger charge is 2.23. The minimum atomic E-state index is -0.761. The number of carbonyl (C=O) groups is 2. The van der Waals surface area contributed by atoms with Crippen molar-refractivity contribution in [3.63, 3.8) is 0 Å². The van der Waals surface area contributed by atoms with Gasteiger partial charge in [0, 0.05) is 17.6 Å². The van der Waals surface area contributed by atoms with E-state index >= 15 is 0 Å². The Morgan fingerprint density at radius 3 is 2.46 bits per heavy atom. The third-order valence-electron chi connectivity index (χ3n) is 4.06. The van der Waals surface area contributed by atoms with Gasteiger partial charge in [-0.1, -0.05) is 24.3 Å². The fraction of sp³-hybridized carbons (Fsp3) is 0.200. The molecule has 0 N–H and O–H groups in total. The number of hydrogen-bond acceptors (Lipinski definition) is 5. The van der Waals surface area contributed by atoms with Crippen molar-refractivity contribution in [3.8, 4) is 11.5 Å². The molecule has 6 nitrogen and oxygen atoms in total. The molecule has 1 unspecified atom stereocenters. The molecule has 1 heterocycles. The van der Waals surface area contributed by atoms with Gasteiger partial charge >= 0.3 is 5.97 Å². The van der Waals surface area contributed by atoms with Crippen LogP contribution >= 0.6 is 0 Å². The predicted molar refractivity (Wildman–Crippen MR) is 97.0 cm³/mol. The van der Waals surface area contributed by atoms with Gasteiger partial charge in [0.2, 0.25) is 0 Å². The van der Waals surface area contributed by atoms with Crippen LogP contribution in [0.4, 0.5) is 0 Å². The molecule has 2 aromatic carbocycles. The number of hydrogen-bond donors (Lipinski definition) is 0. The standard InChI is InChI=1S/C20H19NO5/c1-13(26-15-8-6-7-14(11-15)24-2)19(22)21-12-17(20(23)25-3)16-9-4-5-10-18(16)21/h4-13H,1-3H3. The molecular formula is C20H19NO5. The third-order valence-corrected chi connectivity index (χ3v) is 4.06. The number of fused-ring (bicyclic) bond motifs is 1. The number of ether oxygens (including phenoxy) is 3. The second-order valence-electron chi connectivity index (χ2n) is 5.70. The molecular weight excluding hydrogens is 334 g/mol. The predicted octanol–water partition coefficient (Wildman–Crippen LogP) is 3.54. The topological polar surface area (TPSA) is 66.8 Å². The molecule has 0 amide bonds. The third kappa shape index (κ3) is 3.26. The van der Waals surface area contributed by atoms with Crippen LogP contribution in [0.3, 0.4) is 0 Å². The molecule has 3 rings (SSSR count). The van der Waals surface area contributed by atoms with Crippen LogP contribution in [0.15, 0.2) is 54.7 Å². The minimum absolute atomic E-state index is 0.292. The highest BCUT2D eigenvalue weighted by atomic mass is 16.5. The van der Waals surface area contributed by atoms with Crippen molar-refractivity contribution in [3.05, 3.63) is 60.3 Å². The number of para-hydroxylation sites is 1. The van der Waals surface area contributed by atoms with Crippen molar-refractivity contribution in [2.75, 3.05) is 14.2 Å². The summed E-state index contributed by atoms with van der Waals surface area (Å²) in [4.78, 5) is 24.9. The lowest BCUT2D eigenvalue weighted by Gasteiger charge is -2.15. The highest BCUT2D eigenvalue weighted by Crippen LogP contribution is 2.24. The summed E-state index contributed by atoms with van der Waals surface area (Å²) in [6, 6.07) is 14.2. The lowest BCUT2D eigenvalue weighted by molar-refractivity contribution is 0.0602. The molecule has 0 spiro atoms. The van der Waals surface area contributed by atoms with Gasteiger partial charge in [0.05, 0.1) is 25.3 Å².